The van der Waals surface area contributed by atoms with Crippen LogP contribution in [0.4, 0.5) is 10.2 Å². The number of aromatic nitrogens is 1. The number of carbonyl (C=O) groups is 1. The summed E-state index contributed by atoms with van der Waals surface area (Å²) in [6.45, 7) is 7.92. The van der Waals surface area contributed by atoms with Crippen LogP contribution in [-0.2, 0) is 11.2 Å². The standard InChI is InChI=1S/C18H28FN3O/c1-5-15-6-7-17(22-10-8-16(19)9-11-22)20-18(15)13(2)12-21(4)14(3)23/h6-7,13,16H,5,8-12H2,1-4H3/t13-/m0/s1. The van der Waals surface area contributed by atoms with Crippen molar-refractivity contribution in [2.45, 2.75) is 52.1 Å². The van der Waals surface area contributed by atoms with Gasteiger partial charge in [-0.1, -0.05) is 19.9 Å². The molecule has 0 aliphatic carbocycles. The minimum atomic E-state index is -0.677. The Labute approximate surface area is 138 Å². The molecule has 2 heterocycles. The largest absolute Gasteiger partial charge is 0.356 e. The number of rotatable bonds is 5. The highest BCUT2D eigenvalue weighted by atomic mass is 19.1. The first-order valence-electron chi connectivity index (χ1n) is 8.52. The third-order valence-corrected chi connectivity index (χ3v) is 4.68. The van der Waals surface area contributed by atoms with Crippen molar-refractivity contribution in [1.29, 1.82) is 0 Å². The van der Waals surface area contributed by atoms with Crippen molar-refractivity contribution in [3.63, 3.8) is 0 Å². The number of halogens is 1. The number of amides is 1. The highest BCUT2D eigenvalue weighted by molar-refractivity contribution is 5.72. The molecule has 0 aromatic carbocycles. The fraction of sp³-hybridized carbons (Fsp3) is 0.667. The normalized spacial score (nSPS) is 17.2. The van der Waals surface area contributed by atoms with Gasteiger partial charge in [0.15, 0.2) is 0 Å². The zero-order valence-corrected chi connectivity index (χ0v) is 14.7. The van der Waals surface area contributed by atoms with Crippen molar-refractivity contribution in [1.82, 2.24) is 9.88 Å². The minimum Gasteiger partial charge on any atom is -0.356 e. The van der Waals surface area contributed by atoms with Crippen LogP contribution in [0.2, 0.25) is 0 Å². The van der Waals surface area contributed by atoms with E-state index in [0.717, 1.165) is 31.0 Å². The van der Waals surface area contributed by atoms with Crippen molar-refractivity contribution in [3.8, 4) is 0 Å². The van der Waals surface area contributed by atoms with Crippen LogP contribution in [0, 0.1) is 0 Å². The number of hydrogen-bond acceptors (Lipinski definition) is 3. The summed E-state index contributed by atoms with van der Waals surface area (Å²) in [5, 5.41) is 0. The molecule has 1 atom stereocenters. The van der Waals surface area contributed by atoms with Crippen LogP contribution in [0.1, 0.15) is 50.8 Å². The highest BCUT2D eigenvalue weighted by Gasteiger charge is 2.21. The Morgan fingerprint density at radius 2 is 2.09 bits per heavy atom. The van der Waals surface area contributed by atoms with E-state index in [1.165, 1.54) is 5.56 Å². The molecule has 0 N–H and O–H groups in total. The van der Waals surface area contributed by atoms with E-state index < -0.39 is 6.17 Å². The molecule has 1 aromatic rings. The lowest BCUT2D eigenvalue weighted by molar-refractivity contribution is -0.127. The van der Waals surface area contributed by atoms with Gasteiger partial charge in [-0.05, 0) is 30.9 Å². The van der Waals surface area contributed by atoms with E-state index in [2.05, 4.69) is 24.8 Å². The van der Waals surface area contributed by atoms with Gasteiger partial charge in [-0.25, -0.2) is 9.37 Å². The Kier molecular flexibility index (Phi) is 5.97. The second kappa shape index (κ2) is 7.75. The molecule has 23 heavy (non-hydrogen) atoms. The topological polar surface area (TPSA) is 36.4 Å². The molecule has 1 amide bonds. The van der Waals surface area contributed by atoms with Crippen LogP contribution in [0.15, 0.2) is 12.1 Å². The fourth-order valence-corrected chi connectivity index (χ4v) is 3.10. The Morgan fingerprint density at radius 3 is 2.65 bits per heavy atom. The minimum absolute atomic E-state index is 0.0658. The summed E-state index contributed by atoms with van der Waals surface area (Å²) in [6, 6.07) is 4.17. The number of aryl methyl sites for hydroxylation is 1. The second-order valence-electron chi connectivity index (χ2n) is 6.53. The van der Waals surface area contributed by atoms with Gasteiger partial charge in [0.1, 0.15) is 12.0 Å². The molecule has 0 spiro atoms. The molecule has 1 fully saturated rings. The Hall–Kier alpha value is -1.65. The number of pyridine rings is 1. The molecule has 0 radical (unpaired) electrons. The zero-order valence-electron chi connectivity index (χ0n) is 14.7. The number of alkyl halides is 1. The number of piperidine rings is 1. The first-order valence-corrected chi connectivity index (χ1v) is 8.52. The molecule has 1 aromatic heterocycles. The third kappa shape index (κ3) is 4.43. The molecule has 1 saturated heterocycles. The fourth-order valence-electron chi connectivity index (χ4n) is 3.10. The maximum absolute atomic E-state index is 13.3. The lowest BCUT2D eigenvalue weighted by Crippen LogP contribution is -2.35. The first kappa shape index (κ1) is 17.7. The van der Waals surface area contributed by atoms with Gasteiger partial charge in [-0.2, -0.15) is 0 Å². The number of carbonyl (C=O) groups excluding carboxylic acids is 1. The number of nitrogens with zero attached hydrogens (tertiary/aromatic N) is 3. The molecule has 0 unspecified atom stereocenters. The number of hydrogen-bond donors (Lipinski definition) is 0. The summed E-state index contributed by atoms with van der Waals surface area (Å²) >= 11 is 0. The molecule has 1 aliphatic heterocycles. The van der Waals surface area contributed by atoms with Crippen LogP contribution in [-0.4, -0.2) is 48.6 Å². The highest BCUT2D eigenvalue weighted by Crippen LogP contribution is 2.25. The van der Waals surface area contributed by atoms with E-state index in [1.807, 2.05) is 13.1 Å². The van der Waals surface area contributed by atoms with Gasteiger partial charge in [0.25, 0.3) is 0 Å². The lowest BCUT2D eigenvalue weighted by atomic mass is 9.99. The van der Waals surface area contributed by atoms with Crippen LogP contribution in [0.5, 0.6) is 0 Å². The van der Waals surface area contributed by atoms with Crippen LogP contribution < -0.4 is 4.90 Å². The molecule has 128 valence electrons. The third-order valence-electron chi connectivity index (χ3n) is 4.68. The van der Waals surface area contributed by atoms with Gasteiger partial charge in [-0.15, -0.1) is 0 Å². The monoisotopic (exact) mass is 321 g/mol. The average molecular weight is 321 g/mol. The predicted molar refractivity (Wildman–Crippen MR) is 91.7 cm³/mol. The molecule has 4 nitrogen and oxygen atoms in total. The summed E-state index contributed by atoms with van der Waals surface area (Å²) in [5.41, 5.74) is 2.28. The summed E-state index contributed by atoms with van der Waals surface area (Å²) in [5.74, 6) is 1.18. The number of anilines is 1. The van der Waals surface area contributed by atoms with Crippen molar-refractivity contribution < 1.29 is 9.18 Å². The Morgan fingerprint density at radius 1 is 1.43 bits per heavy atom. The van der Waals surface area contributed by atoms with Crippen LogP contribution in [0.25, 0.3) is 0 Å². The van der Waals surface area contributed by atoms with E-state index in [4.69, 9.17) is 4.98 Å². The molecule has 2 rings (SSSR count). The lowest BCUT2D eigenvalue weighted by Gasteiger charge is -2.31. The zero-order chi connectivity index (χ0) is 17.0. The Balaban J connectivity index is 2.19. The number of likely N-dealkylation sites (N-methyl/N-ethyl adjacent to an activating group) is 1. The molecule has 1 aliphatic rings. The maximum atomic E-state index is 13.3. The van der Waals surface area contributed by atoms with Crippen molar-refractivity contribution in [2.75, 3.05) is 31.6 Å². The van der Waals surface area contributed by atoms with Gasteiger partial charge in [0.2, 0.25) is 5.91 Å². The summed E-state index contributed by atoms with van der Waals surface area (Å²) in [4.78, 5) is 20.2. The molecule has 5 heteroatoms. The van der Waals surface area contributed by atoms with E-state index in [-0.39, 0.29) is 11.8 Å². The van der Waals surface area contributed by atoms with Gasteiger partial charge in [0.05, 0.1) is 5.69 Å². The average Bonchev–Trinajstić information content (AvgIpc) is 2.54. The maximum Gasteiger partial charge on any atom is 0.219 e. The quantitative estimate of drug-likeness (QED) is 0.836. The predicted octanol–water partition coefficient (Wildman–Crippen LogP) is 3.16. The summed E-state index contributed by atoms with van der Waals surface area (Å²) in [7, 11) is 1.82. The van der Waals surface area contributed by atoms with E-state index in [1.54, 1.807) is 11.8 Å². The Bertz CT molecular complexity index is 541. The first-order chi connectivity index (χ1) is 10.9. The van der Waals surface area contributed by atoms with Crippen molar-refractivity contribution in [3.05, 3.63) is 23.4 Å². The molecular weight excluding hydrogens is 293 g/mol. The van der Waals surface area contributed by atoms with Gasteiger partial charge in [0, 0.05) is 39.5 Å². The van der Waals surface area contributed by atoms with Crippen molar-refractivity contribution in [2.24, 2.45) is 0 Å². The molecule has 0 bridgehead atoms. The van der Waals surface area contributed by atoms with Gasteiger partial charge >= 0.3 is 0 Å². The van der Waals surface area contributed by atoms with E-state index in [0.29, 0.717) is 19.4 Å². The van der Waals surface area contributed by atoms with Gasteiger partial charge < -0.3 is 9.80 Å². The second-order valence-corrected chi connectivity index (χ2v) is 6.53. The smallest absolute Gasteiger partial charge is 0.219 e. The van der Waals surface area contributed by atoms with Crippen molar-refractivity contribution >= 4 is 11.7 Å². The van der Waals surface area contributed by atoms with Crippen LogP contribution >= 0.6 is 0 Å². The molecular formula is C18H28FN3O. The van der Waals surface area contributed by atoms with Gasteiger partial charge in [-0.3, -0.25) is 4.79 Å². The van der Waals surface area contributed by atoms with E-state index in [9.17, 15) is 9.18 Å². The summed E-state index contributed by atoms with van der Waals surface area (Å²) in [6.07, 6.45) is 1.40. The van der Waals surface area contributed by atoms with Crippen LogP contribution in [0.3, 0.4) is 0 Å². The summed E-state index contributed by atoms with van der Waals surface area (Å²) < 4.78 is 13.3. The molecule has 0 saturated carbocycles. The SMILES string of the molecule is CCc1ccc(N2CCC(F)CC2)nc1[C@@H](C)CN(C)C(C)=O. The van der Waals surface area contributed by atoms with E-state index >= 15 is 0 Å².